The maximum atomic E-state index is 12.1. The Bertz CT molecular complexity index is 718. The van der Waals surface area contributed by atoms with Gasteiger partial charge in [-0.25, -0.2) is 0 Å². The SMILES string of the molecule is Cn1c(C(=O)Nc2cc(Cl)c(O)c(Cl)c2)cccc1=O. The number of benzene rings is 1. The molecule has 1 aromatic carbocycles. The normalized spacial score (nSPS) is 10.3. The summed E-state index contributed by atoms with van der Waals surface area (Å²) in [6, 6.07) is 7.09. The maximum Gasteiger partial charge on any atom is 0.272 e. The Hall–Kier alpha value is -1.98. The second-order valence-corrected chi connectivity index (χ2v) is 4.87. The lowest BCUT2D eigenvalue weighted by Crippen LogP contribution is -2.25. The molecular formula is C13H10Cl2N2O3. The van der Waals surface area contributed by atoms with Gasteiger partial charge in [-0.15, -0.1) is 0 Å². The van der Waals surface area contributed by atoms with Crippen LogP contribution in [0.5, 0.6) is 5.75 Å². The van der Waals surface area contributed by atoms with Crippen LogP contribution < -0.4 is 10.9 Å². The third-order valence-electron chi connectivity index (χ3n) is 2.69. The summed E-state index contributed by atoms with van der Waals surface area (Å²) < 4.78 is 1.22. The Morgan fingerprint density at radius 1 is 1.25 bits per heavy atom. The Morgan fingerprint density at radius 2 is 1.85 bits per heavy atom. The predicted molar refractivity (Wildman–Crippen MR) is 77.8 cm³/mol. The van der Waals surface area contributed by atoms with E-state index in [4.69, 9.17) is 23.2 Å². The van der Waals surface area contributed by atoms with Crippen LogP contribution in [0.25, 0.3) is 0 Å². The van der Waals surface area contributed by atoms with E-state index in [-0.39, 0.29) is 27.0 Å². The molecule has 1 amide bonds. The first-order valence-corrected chi connectivity index (χ1v) is 6.31. The fourth-order valence-corrected chi connectivity index (χ4v) is 2.11. The van der Waals surface area contributed by atoms with Crippen LogP contribution in [-0.4, -0.2) is 15.6 Å². The number of halogens is 2. The molecule has 0 saturated heterocycles. The van der Waals surface area contributed by atoms with Crippen molar-refractivity contribution in [3.05, 3.63) is 56.4 Å². The lowest BCUT2D eigenvalue weighted by atomic mass is 10.2. The van der Waals surface area contributed by atoms with Crippen molar-refractivity contribution in [3.8, 4) is 5.75 Å². The summed E-state index contributed by atoms with van der Waals surface area (Å²) in [5, 5.41) is 12.0. The number of amides is 1. The van der Waals surface area contributed by atoms with Crippen LogP contribution in [0.15, 0.2) is 35.1 Å². The molecule has 0 atom stereocenters. The van der Waals surface area contributed by atoms with E-state index in [0.29, 0.717) is 5.69 Å². The van der Waals surface area contributed by atoms with Gasteiger partial charge in [0, 0.05) is 18.8 Å². The Kier molecular flexibility index (Phi) is 4.01. The number of nitrogens with one attached hydrogen (secondary N) is 1. The van der Waals surface area contributed by atoms with Gasteiger partial charge in [-0.2, -0.15) is 0 Å². The number of carbonyl (C=O) groups excluding carboxylic acids is 1. The van der Waals surface area contributed by atoms with Crippen LogP contribution in [0, 0.1) is 0 Å². The van der Waals surface area contributed by atoms with Gasteiger partial charge in [0.25, 0.3) is 11.5 Å². The van der Waals surface area contributed by atoms with E-state index < -0.39 is 5.91 Å². The average Bonchev–Trinajstić information content (AvgIpc) is 2.39. The number of hydrogen-bond donors (Lipinski definition) is 2. The zero-order valence-electron chi connectivity index (χ0n) is 10.4. The zero-order valence-corrected chi connectivity index (χ0v) is 11.9. The lowest BCUT2D eigenvalue weighted by Gasteiger charge is -2.10. The molecule has 20 heavy (non-hydrogen) atoms. The van der Waals surface area contributed by atoms with Crippen LogP contribution >= 0.6 is 23.2 Å². The maximum absolute atomic E-state index is 12.1. The number of anilines is 1. The van der Waals surface area contributed by atoms with Crippen LogP contribution in [0.2, 0.25) is 10.0 Å². The minimum Gasteiger partial charge on any atom is -0.505 e. The number of rotatable bonds is 2. The molecule has 1 heterocycles. The van der Waals surface area contributed by atoms with Crippen molar-refractivity contribution < 1.29 is 9.90 Å². The molecule has 2 N–H and O–H groups in total. The summed E-state index contributed by atoms with van der Waals surface area (Å²) in [7, 11) is 1.49. The minimum atomic E-state index is -0.483. The Labute approximate surface area is 124 Å². The molecule has 0 aliphatic heterocycles. The number of pyridine rings is 1. The highest BCUT2D eigenvalue weighted by Gasteiger charge is 2.12. The van der Waals surface area contributed by atoms with Gasteiger partial charge >= 0.3 is 0 Å². The van der Waals surface area contributed by atoms with Crippen LogP contribution in [0.3, 0.4) is 0 Å². The highest BCUT2D eigenvalue weighted by Crippen LogP contribution is 2.34. The monoisotopic (exact) mass is 312 g/mol. The van der Waals surface area contributed by atoms with E-state index in [1.54, 1.807) is 0 Å². The molecular weight excluding hydrogens is 303 g/mol. The Balaban J connectivity index is 2.33. The molecule has 7 heteroatoms. The second kappa shape index (κ2) is 5.56. The van der Waals surface area contributed by atoms with E-state index in [9.17, 15) is 14.7 Å². The summed E-state index contributed by atoms with van der Waals surface area (Å²) in [4.78, 5) is 23.5. The fraction of sp³-hybridized carbons (Fsp3) is 0.0769. The quantitative estimate of drug-likeness (QED) is 0.837. The first kappa shape index (κ1) is 14.4. The first-order chi connectivity index (χ1) is 9.40. The second-order valence-electron chi connectivity index (χ2n) is 4.05. The van der Waals surface area contributed by atoms with E-state index >= 15 is 0 Å². The lowest BCUT2D eigenvalue weighted by molar-refractivity contribution is 0.101. The molecule has 0 radical (unpaired) electrons. The van der Waals surface area contributed by atoms with Gasteiger partial charge in [-0.05, 0) is 18.2 Å². The van der Waals surface area contributed by atoms with E-state index in [0.717, 1.165) is 0 Å². The van der Waals surface area contributed by atoms with Crippen molar-refractivity contribution in [2.75, 3.05) is 5.32 Å². The summed E-state index contributed by atoms with van der Waals surface area (Å²) in [6.45, 7) is 0. The number of carbonyl (C=O) groups is 1. The molecule has 0 spiro atoms. The number of phenols is 1. The highest BCUT2D eigenvalue weighted by molar-refractivity contribution is 6.37. The van der Waals surface area contributed by atoms with Crippen molar-refractivity contribution in [1.82, 2.24) is 4.57 Å². The summed E-state index contributed by atoms with van der Waals surface area (Å²) in [5.74, 6) is -0.735. The molecule has 2 aromatic rings. The molecule has 0 aliphatic carbocycles. The van der Waals surface area contributed by atoms with Crippen molar-refractivity contribution in [1.29, 1.82) is 0 Å². The van der Waals surface area contributed by atoms with Crippen molar-refractivity contribution in [2.24, 2.45) is 7.05 Å². The van der Waals surface area contributed by atoms with E-state index in [1.165, 1.54) is 41.9 Å². The number of hydrogen-bond acceptors (Lipinski definition) is 3. The zero-order chi connectivity index (χ0) is 14.9. The van der Waals surface area contributed by atoms with Crippen LogP contribution in [-0.2, 0) is 7.05 Å². The number of phenolic OH excluding ortho intramolecular Hbond substituents is 1. The molecule has 1 aromatic heterocycles. The fourth-order valence-electron chi connectivity index (χ4n) is 1.62. The molecule has 0 saturated carbocycles. The number of aromatic hydroxyl groups is 1. The van der Waals surface area contributed by atoms with Gasteiger partial charge in [0.15, 0.2) is 5.75 Å². The Morgan fingerprint density at radius 3 is 2.45 bits per heavy atom. The van der Waals surface area contributed by atoms with Crippen LogP contribution in [0.4, 0.5) is 5.69 Å². The van der Waals surface area contributed by atoms with Gasteiger partial charge in [0.05, 0.1) is 10.0 Å². The molecule has 0 bridgehead atoms. The van der Waals surface area contributed by atoms with E-state index in [1.807, 2.05) is 0 Å². The van der Waals surface area contributed by atoms with Gasteiger partial charge in [-0.3, -0.25) is 9.59 Å². The smallest absolute Gasteiger partial charge is 0.272 e. The molecule has 0 unspecified atom stereocenters. The molecule has 0 aliphatic rings. The topological polar surface area (TPSA) is 71.3 Å². The average molecular weight is 313 g/mol. The largest absolute Gasteiger partial charge is 0.505 e. The van der Waals surface area contributed by atoms with Gasteiger partial charge in [0.1, 0.15) is 5.69 Å². The molecule has 2 rings (SSSR count). The highest BCUT2D eigenvalue weighted by atomic mass is 35.5. The molecule has 5 nitrogen and oxygen atoms in total. The third kappa shape index (κ3) is 2.79. The summed E-state index contributed by atoms with van der Waals surface area (Å²) in [5.41, 5.74) is 0.219. The van der Waals surface area contributed by atoms with Gasteiger partial charge < -0.3 is 15.0 Å². The molecule has 0 fully saturated rings. The summed E-state index contributed by atoms with van der Waals surface area (Å²) in [6.07, 6.45) is 0. The number of nitrogens with zero attached hydrogens (tertiary/aromatic N) is 1. The first-order valence-electron chi connectivity index (χ1n) is 5.55. The minimum absolute atomic E-state index is 0.0229. The molecule has 104 valence electrons. The predicted octanol–water partition coefficient (Wildman–Crippen LogP) is 2.65. The summed E-state index contributed by atoms with van der Waals surface area (Å²) >= 11 is 11.5. The number of aromatic nitrogens is 1. The van der Waals surface area contributed by atoms with Crippen molar-refractivity contribution >= 4 is 34.8 Å². The van der Waals surface area contributed by atoms with Crippen molar-refractivity contribution in [3.63, 3.8) is 0 Å². The van der Waals surface area contributed by atoms with Gasteiger partial charge in [0.2, 0.25) is 0 Å². The van der Waals surface area contributed by atoms with E-state index in [2.05, 4.69) is 5.32 Å². The van der Waals surface area contributed by atoms with Crippen molar-refractivity contribution in [2.45, 2.75) is 0 Å². The standard InChI is InChI=1S/C13H10Cl2N2O3/c1-17-10(3-2-4-11(17)18)13(20)16-7-5-8(14)12(19)9(15)6-7/h2-6,19H,1H3,(H,16,20). The third-order valence-corrected chi connectivity index (χ3v) is 3.27. The van der Waals surface area contributed by atoms with Crippen LogP contribution in [0.1, 0.15) is 10.5 Å². The van der Waals surface area contributed by atoms with Gasteiger partial charge in [-0.1, -0.05) is 29.3 Å².